The Morgan fingerprint density at radius 1 is 1.43 bits per heavy atom. The van der Waals surface area contributed by atoms with Crippen molar-refractivity contribution in [3.8, 4) is 0 Å². The Morgan fingerprint density at radius 3 is 2.78 bits per heavy atom. The highest BCUT2D eigenvalue weighted by Gasteiger charge is 2.41. The van der Waals surface area contributed by atoms with Crippen molar-refractivity contribution in [1.29, 1.82) is 0 Å². The monoisotopic (exact) mass is 338 g/mol. The van der Waals surface area contributed by atoms with Gasteiger partial charge < -0.3 is 15.4 Å². The van der Waals surface area contributed by atoms with Gasteiger partial charge in [0.1, 0.15) is 5.01 Å². The molecular weight excluding hydrogens is 308 g/mol. The first kappa shape index (κ1) is 18.2. The molecule has 1 aliphatic carbocycles. The molecule has 1 fully saturated rings. The van der Waals surface area contributed by atoms with E-state index in [1.54, 1.807) is 18.4 Å². The van der Waals surface area contributed by atoms with Gasteiger partial charge in [0.2, 0.25) is 0 Å². The largest absolute Gasteiger partial charge is 0.385 e. The summed E-state index contributed by atoms with van der Waals surface area (Å²) < 4.78 is 5.22. The second-order valence-corrected chi connectivity index (χ2v) is 7.55. The second kappa shape index (κ2) is 8.64. The molecule has 1 saturated carbocycles. The smallest absolute Gasteiger partial charge is 0.191 e. The number of aliphatic imine (C=N–C) groups is 1. The summed E-state index contributed by atoms with van der Waals surface area (Å²) in [6.45, 7) is 9.74. The van der Waals surface area contributed by atoms with Crippen molar-refractivity contribution in [1.82, 2.24) is 15.6 Å². The zero-order valence-corrected chi connectivity index (χ0v) is 15.6. The predicted octanol–water partition coefficient (Wildman–Crippen LogP) is 3.14. The Hall–Kier alpha value is -1.14. The fourth-order valence-corrected chi connectivity index (χ4v) is 3.31. The number of methoxy groups -OCH3 is 1. The van der Waals surface area contributed by atoms with Gasteiger partial charge in [-0.25, -0.2) is 9.98 Å². The molecule has 0 saturated heterocycles. The molecule has 0 amide bonds. The number of aromatic nitrogens is 1. The number of nitrogens with one attached hydrogen (secondary N) is 2. The van der Waals surface area contributed by atoms with Crippen LogP contribution in [0.25, 0.3) is 0 Å². The fourth-order valence-electron chi connectivity index (χ4n) is 2.43. The summed E-state index contributed by atoms with van der Waals surface area (Å²) in [4.78, 5) is 9.32. The molecule has 2 N–H and O–H groups in total. The third kappa shape index (κ3) is 5.77. The lowest BCUT2D eigenvalue weighted by Crippen LogP contribution is -2.40. The van der Waals surface area contributed by atoms with Crippen LogP contribution in [0.5, 0.6) is 0 Å². The maximum Gasteiger partial charge on any atom is 0.191 e. The third-order valence-corrected chi connectivity index (χ3v) is 5.15. The predicted molar refractivity (Wildman–Crippen MR) is 97.2 cm³/mol. The van der Waals surface area contributed by atoms with Crippen molar-refractivity contribution in [2.24, 2.45) is 10.4 Å². The van der Waals surface area contributed by atoms with Crippen LogP contribution in [0.15, 0.2) is 10.4 Å². The normalized spacial score (nSPS) is 16.7. The van der Waals surface area contributed by atoms with Crippen LogP contribution in [-0.4, -0.2) is 37.7 Å². The molecule has 6 heteroatoms. The van der Waals surface area contributed by atoms with Crippen molar-refractivity contribution in [3.05, 3.63) is 16.1 Å². The van der Waals surface area contributed by atoms with E-state index < -0.39 is 0 Å². The lowest BCUT2D eigenvalue weighted by atomic mass is 10.0. The standard InChI is InChI=1S/C17H30N4OS/c1-5-18-16(20-12-17(6-7-17)8-9-22-4)19-10-15-21-14(11-23-15)13(2)3/h11,13H,5-10,12H2,1-4H3,(H2,18,19,20). The molecule has 0 atom stereocenters. The first-order valence-electron chi connectivity index (χ1n) is 8.54. The average molecular weight is 339 g/mol. The van der Waals surface area contributed by atoms with Gasteiger partial charge in [0, 0.05) is 32.2 Å². The van der Waals surface area contributed by atoms with Gasteiger partial charge in [0.25, 0.3) is 0 Å². The summed E-state index contributed by atoms with van der Waals surface area (Å²) in [6.07, 6.45) is 3.69. The number of nitrogens with zero attached hydrogens (tertiary/aromatic N) is 2. The van der Waals surface area contributed by atoms with Crippen LogP contribution in [0, 0.1) is 5.41 Å². The first-order chi connectivity index (χ1) is 11.1. The van der Waals surface area contributed by atoms with E-state index in [0.29, 0.717) is 17.9 Å². The van der Waals surface area contributed by atoms with E-state index in [1.165, 1.54) is 12.8 Å². The summed E-state index contributed by atoms with van der Waals surface area (Å²) in [6, 6.07) is 0. The van der Waals surface area contributed by atoms with E-state index in [-0.39, 0.29) is 0 Å². The summed E-state index contributed by atoms with van der Waals surface area (Å²) in [5.74, 6) is 1.36. The lowest BCUT2D eigenvalue weighted by molar-refractivity contribution is 0.172. The van der Waals surface area contributed by atoms with E-state index in [1.807, 2.05) is 0 Å². The van der Waals surface area contributed by atoms with Crippen LogP contribution in [0.3, 0.4) is 0 Å². The number of rotatable bonds is 9. The number of guanidine groups is 1. The van der Waals surface area contributed by atoms with Crippen molar-refractivity contribution < 1.29 is 4.74 Å². The first-order valence-corrected chi connectivity index (χ1v) is 9.42. The minimum absolute atomic E-state index is 0.415. The van der Waals surface area contributed by atoms with Crippen LogP contribution in [0.2, 0.25) is 0 Å². The molecule has 1 aromatic heterocycles. The van der Waals surface area contributed by atoms with Crippen molar-refractivity contribution in [3.63, 3.8) is 0 Å². The zero-order chi connectivity index (χ0) is 16.7. The van der Waals surface area contributed by atoms with Crippen LogP contribution in [0.4, 0.5) is 0 Å². The average Bonchev–Trinajstić information content (AvgIpc) is 3.14. The highest BCUT2D eigenvalue weighted by Crippen LogP contribution is 2.48. The van der Waals surface area contributed by atoms with Crippen molar-refractivity contribution in [2.45, 2.75) is 52.5 Å². The highest BCUT2D eigenvalue weighted by atomic mass is 32.1. The lowest BCUT2D eigenvalue weighted by Gasteiger charge is -2.18. The molecule has 0 bridgehead atoms. The van der Waals surface area contributed by atoms with Crippen LogP contribution >= 0.6 is 11.3 Å². The fraction of sp³-hybridized carbons (Fsp3) is 0.765. The minimum atomic E-state index is 0.415. The number of hydrogen-bond acceptors (Lipinski definition) is 4. The maximum absolute atomic E-state index is 5.22. The van der Waals surface area contributed by atoms with E-state index >= 15 is 0 Å². The summed E-state index contributed by atoms with van der Waals surface area (Å²) in [5.41, 5.74) is 1.58. The maximum atomic E-state index is 5.22. The molecule has 1 aliphatic rings. The Morgan fingerprint density at radius 2 is 2.22 bits per heavy atom. The number of thiazole rings is 1. The van der Waals surface area contributed by atoms with Crippen LogP contribution in [-0.2, 0) is 11.3 Å². The molecule has 1 aromatic rings. The number of ether oxygens (including phenoxy) is 1. The Balaban J connectivity index is 1.86. The van der Waals surface area contributed by atoms with E-state index in [9.17, 15) is 0 Å². The van der Waals surface area contributed by atoms with E-state index in [4.69, 9.17) is 4.74 Å². The SMILES string of the molecule is CCNC(=NCc1nc(C(C)C)cs1)NCC1(CCOC)CC1. The van der Waals surface area contributed by atoms with E-state index in [0.717, 1.165) is 42.8 Å². The molecule has 0 aliphatic heterocycles. The van der Waals surface area contributed by atoms with Crippen LogP contribution < -0.4 is 10.6 Å². The topological polar surface area (TPSA) is 58.5 Å². The van der Waals surface area contributed by atoms with Gasteiger partial charge in [-0.05, 0) is 37.5 Å². The zero-order valence-electron chi connectivity index (χ0n) is 14.8. The van der Waals surface area contributed by atoms with E-state index in [2.05, 4.69) is 46.8 Å². The molecule has 130 valence electrons. The van der Waals surface area contributed by atoms with Gasteiger partial charge in [0.15, 0.2) is 5.96 Å². The molecule has 23 heavy (non-hydrogen) atoms. The molecule has 1 heterocycles. The van der Waals surface area contributed by atoms with Gasteiger partial charge in [-0.1, -0.05) is 13.8 Å². The van der Waals surface area contributed by atoms with Gasteiger partial charge in [-0.2, -0.15) is 0 Å². The van der Waals surface area contributed by atoms with Gasteiger partial charge >= 0.3 is 0 Å². The van der Waals surface area contributed by atoms with Gasteiger partial charge in [-0.15, -0.1) is 11.3 Å². The van der Waals surface area contributed by atoms with Crippen molar-refractivity contribution >= 4 is 17.3 Å². The third-order valence-electron chi connectivity index (χ3n) is 4.30. The Kier molecular flexibility index (Phi) is 6.84. The molecule has 0 aromatic carbocycles. The second-order valence-electron chi connectivity index (χ2n) is 6.61. The molecule has 0 spiro atoms. The Labute approximate surface area is 144 Å². The molecule has 0 radical (unpaired) electrons. The number of hydrogen-bond donors (Lipinski definition) is 2. The molecule has 5 nitrogen and oxygen atoms in total. The summed E-state index contributed by atoms with van der Waals surface area (Å²) >= 11 is 1.69. The summed E-state index contributed by atoms with van der Waals surface area (Å²) in [7, 11) is 1.77. The summed E-state index contributed by atoms with van der Waals surface area (Å²) in [5, 5.41) is 10.0. The highest BCUT2D eigenvalue weighted by molar-refractivity contribution is 7.09. The van der Waals surface area contributed by atoms with Gasteiger partial charge in [0.05, 0.1) is 12.2 Å². The molecular formula is C17H30N4OS. The molecule has 2 rings (SSSR count). The van der Waals surface area contributed by atoms with Gasteiger partial charge in [-0.3, -0.25) is 0 Å². The Bertz CT molecular complexity index is 508. The quantitative estimate of drug-likeness (QED) is 0.536. The molecule has 0 unspecified atom stereocenters. The minimum Gasteiger partial charge on any atom is -0.385 e. The van der Waals surface area contributed by atoms with Crippen LogP contribution in [0.1, 0.15) is 56.7 Å². The van der Waals surface area contributed by atoms with Crippen molar-refractivity contribution in [2.75, 3.05) is 26.8 Å².